The third-order valence-electron chi connectivity index (χ3n) is 4.29. The first-order valence-electron chi connectivity index (χ1n) is 8.15. The highest BCUT2D eigenvalue weighted by Gasteiger charge is 2.24. The number of nitrogens with zero attached hydrogens (tertiary/aromatic N) is 1. The van der Waals surface area contributed by atoms with Crippen LogP contribution in [0.2, 0.25) is 0 Å². The van der Waals surface area contributed by atoms with Crippen LogP contribution in [0.3, 0.4) is 0 Å². The van der Waals surface area contributed by atoms with Gasteiger partial charge in [0.2, 0.25) is 0 Å². The summed E-state index contributed by atoms with van der Waals surface area (Å²) < 4.78 is 0. The molecule has 0 spiro atoms. The maximum atomic E-state index is 11.9. The lowest BCUT2D eigenvalue weighted by Crippen LogP contribution is -2.45. The molecule has 2 unspecified atom stereocenters. The zero-order valence-corrected chi connectivity index (χ0v) is 13.5. The van der Waals surface area contributed by atoms with Crippen LogP contribution >= 0.6 is 0 Å². The summed E-state index contributed by atoms with van der Waals surface area (Å²) in [6, 6.07) is 8.81. The van der Waals surface area contributed by atoms with Gasteiger partial charge in [0.1, 0.15) is 0 Å². The quantitative estimate of drug-likeness (QED) is 0.721. The molecule has 0 saturated heterocycles. The van der Waals surface area contributed by atoms with Crippen molar-refractivity contribution in [2.45, 2.75) is 45.2 Å². The number of benzene rings is 1. The highest BCUT2D eigenvalue weighted by atomic mass is 16.3. The zero-order chi connectivity index (χ0) is 15.9. The number of anilines is 1. The van der Waals surface area contributed by atoms with Gasteiger partial charge in [0.25, 0.3) is 0 Å². The van der Waals surface area contributed by atoms with E-state index < -0.39 is 0 Å². The largest absolute Gasteiger partial charge is 0.396 e. The second kappa shape index (κ2) is 8.03. The first kappa shape index (κ1) is 16.6. The fourth-order valence-electron chi connectivity index (χ4n) is 3.03. The van der Waals surface area contributed by atoms with Crippen molar-refractivity contribution in [3.63, 3.8) is 0 Å². The van der Waals surface area contributed by atoms with E-state index in [1.54, 1.807) is 0 Å². The molecule has 5 nitrogen and oxygen atoms in total. The van der Waals surface area contributed by atoms with Gasteiger partial charge in [0.05, 0.1) is 0 Å². The number of fused-ring (bicyclic) bond motifs is 1. The molecule has 1 aromatic rings. The summed E-state index contributed by atoms with van der Waals surface area (Å²) in [7, 11) is 0. The molecular formula is C17H27N3O2. The van der Waals surface area contributed by atoms with Gasteiger partial charge in [-0.05, 0) is 37.8 Å². The molecule has 2 amide bonds. The van der Waals surface area contributed by atoms with Crippen LogP contribution in [0.25, 0.3) is 0 Å². The Morgan fingerprint density at radius 1 is 1.45 bits per heavy atom. The number of para-hydroxylation sites is 1. The van der Waals surface area contributed by atoms with Gasteiger partial charge in [-0.2, -0.15) is 0 Å². The van der Waals surface area contributed by atoms with Gasteiger partial charge in [0.15, 0.2) is 0 Å². The number of amides is 2. The van der Waals surface area contributed by atoms with E-state index in [1.165, 1.54) is 11.3 Å². The summed E-state index contributed by atoms with van der Waals surface area (Å²) >= 11 is 0. The number of carbonyl (C=O) groups is 1. The predicted molar refractivity (Wildman–Crippen MR) is 89.3 cm³/mol. The standard InChI is InChI=1S/C17H27N3O2/c1-3-15(8-11-21)19-17(22)18-9-10-20-13(2)12-14-6-4-5-7-16(14)20/h4-7,13,15,21H,3,8-12H2,1-2H3,(H2,18,19,22). The molecule has 1 heterocycles. The van der Waals surface area contributed by atoms with E-state index in [1.807, 2.05) is 6.92 Å². The minimum atomic E-state index is -0.152. The second-order valence-electron chi connectivity index (χ2n) is 5.89. The number of carbonyl (C=O) groups excluding carboxylic acids is 1. The molecule has 1 aromatic carbocycles. The molecule has 0 aromatic heterocycles. The van der Waals surface area contributed by atoms with E-state index in [9.17, 15) is 4.79 Å². The number of aliphatic hydroxyl groups is 1. The summed E-state index contributed by atoms with van der Waals surface area (Å²) in [6.45, 7) is 5.74. The monoisotopic (exact) mass is 305 g/mol. The van der Waals surface area contributed by atoms with E-state index in [0.717, 1.165) is 19.4 Å². The van der Waals surface area contributed by atoms with Gasteiger partial charge in [0, 0.05) is 37.5 Å². The summed E-state index contributed by atoms with van der Waals surface area (Å²) in [6.07, 6.45) is 2.49. The van der Waals surface area contributed by atoms with Gasteiger partial charge >= 0.3 is 6.03 Å². The second-order valence-corrected chi connectivity index (χ2v) is 5.89. The Bertz CT molecular complexity index is 493. The van der Waals surface area contributed by atoms with E-state index in [2.05, 4.69) is 46.7 Å². The summed E-state index contributed by atoms with van der Waals surface area (Å²) in [5.74, 6) is 0. The highest BCUT2D eigenvalue weighted by Crippen LogP contribution is 2.31. The molecule has 5 heteroatoms. The molecule has 0 aliphatic carbocycles. The van der Waals surface area contributed by atoms with Crippen LogP contribution in [-0.4, -0.2) is 42.9 Å². The van der Waals surface area contributed by atoms with Crippen molar-refractivity contribution in [1.82, 2.24) is 10.6 Å². The maximum absolute atomic E-state index is 11.9. The molecule has 22 heavy (non-hydrogen) atoms. The van der Waals surface area contributed by atoms with Crippen LogP contribution in [-0.2, 0) is 6.42 Å². The fraction of sp³-hybridized carbons (Fsp3) is 0.588. The van der Waals surface area contributed by atoms with Crippen molar-refractivity contribution in [1.29, 1.82) is 0 Å². The van der Waals surface area contributed by atoms with Crippen molar-refractivity contribution >= 4 is 11.7 Å². The Morgan fingerprint density at radius 3 is 2.95 bits per heavy atom. The van der Waals surface area contributed by atoms with Crippen LogP contribution in [0.4, 0.5) is 10.5 Å². The Labute approximate surface area is 132 Å². The smallest absolute Gasteiger partial charge is 0.315 e. The van der Waals surface area contributed by atoms with Crippen LogP contribution in [0, 0.1) is 0 Å². The van der Waals surface area contributed by atoms with Crippen LogP contribution in [0.5, 0.6) is 0 Å². The Morgan fingerprint density at radius 2 is 2.23 bits per heavy atom. The Balaban J connectivity index is 1.78. The number of hydrogen-bond donors (Lipinski definition) is 3. The average molecular weight is 305 g/mol. The van der Waals surface area contributed by atoms with E-state index in [0.29, 0.717) is 19.0 Å². The third kappa shape index (κ3) is 4.13. The number of hydrogen-bond acceptors (Lipinski definition) is 3. The molecular weight excluding hydrogens is 278 g/mol. The lowest BCUT2D eigenvalue weighted by atomic mass is 10.1. The van der Waals surface area contributed by atoms with E-state index in [4.69, 9.17) is 5.11 Å². The lowest BCUT2D eigenvalue weighted by molar-refractivity contribution is 0.228. The Kier molecular flexibility index (Phi) is 6.07. The fourth-order valence-corrected chi connectivity index (χ4v) is 3.03. The van der Waals surface area contributed by atoms with Crippen molar-refractivity contribution in [2.24, 2.45) is 0 Å². The van der Waals surface area contributed by atoms with Gasteiger partial charge in [-0.15, -0.1) is 0 Å². The molecule has 1 aliphatic rings. The molecule has 0 saturated carbocycles. The van der Waals surface area contributed by atoms with Crippen molar-refractivity contribution < 1.29 is 9.90 Å². The van der Waals surface area contributed by atoms with Gasteiger partial charge in [-0.3, -0.25) is 0 Å². The minimum absolute atomic E-state index is 0.0384. The van der Waals surface area contributed by atoms with Crippen molar-refractivity contribution in [3.05, 3.63) is 29.8 Å². The van der Waals surface area contributed by atoms with Crippen molar-refractivity contribution in [3.8, 4) is 0 Å². The normalized spacial score (nSPS) is 18.0. The summed E-state index contributed by atoms with van der Waals surface area (Å²) in [5.41, 5.74) is 2.66. The predicted octanol–water partition coefficient (Wildman–Crippen LogP) is 1.90. The van der Waals surface area contributed by atoms with Crippen LogP contribution in [0.1, 0.15) is 32.3 Å². The topological polar surface area (TPSA) is 64.6 Å². The molecule has 2 atom stereocenters. The van der Waals surface area contributed by atoms with Gasteiger partial charge in [-0.1, -0.05) is 25.1 Å². The molecule has 3 N–H and O–H groups in total. The first-order chi connectivity index (χ1) is 10.7. The number of aliphatic hydroxyl groups excluding tert-OH is 1. The first-order valence-corrected chi connectivity index (χ1v) is 8.15. The van der Waals surface area contributed by atoms with Gasteiger partial charge in [-0.25, -0.2) is 4.79 Å². The molecule has 0 bridgehead atoms. The number of nitrogens with one attached hydrogen (secondary N) is 2. The molecule has 122 valence electrons. The molecule has 2 rings (SSSR count). The van der Waals surface area contributed by atoms with Gasteiger partial charge < -0.3 is 20.6 Å². The summed E-state index contributed by atoms with van der Waals surface area (Å²) in [5, 5.41) is 14.7. The van der Waals surface area contributed by atoms with Crippen LogP contribution in [0.15, 0.2) is 24.3 Å². The SMILES string of the molecule is CCC(CCO)NC(=O)NCCN1c2ccccc2CC1C. The minimum Gasteiger partial charge on any atom is -0.396 e. The zero-order valence-electron chi connectivity index (χ0n) is 13.5. The third-order valence-corrected chi connectivity index (χ3v) is 4.29. The van der Waals surface area contributed by atoms with Crippen LogP contribution < -0.4 is 15.5 Å². The number of rotatable bonds is 7. The average Bonchev–Trinajstić information content (AvgIpc) is 2.83. The molecule has 0 fully saturated rings. The molecule has 0 radical (unpaired) electrons. The van der Waals surface area contributed by atoms with E-state index >= 15 is 0 Å². The van der Waals surface area contributed by atoms with Crippen molar-refractivity contribution in [2.75, 3.05) is 24.6 Å². The summed E-state index contributed by atoms with van der Waals surface area (Å²) in [4.78, 5) is 14.2. The highest BCUT2D eigenvalue weighted by molar-refractivity contribution is 5.74. The maximum Gasteiger partial charge on any atom is 0.315 e. The van der Waals surface area contributed by atoms with E-state index in [-0.39, 0.29) is 18.7 Å². The lowest BCUT2D eigenvalue weighted by Gasteiger charge is -2.25. The Hall–Kier alpha value is -1.75. The number of urea groups is 1. The molecule has 1 aliphatic heterocycles.